The number of methoxy groups -OCH3 is 1. The van der Waals surface area contributed by atoms with Gasteiger partial charge < -0.3 is 18.9 Å². The Hall–Kier alpha value is -2.05. The molecule has 0 aliphatic carbocycles. The molecular formula is C18H17BrO5. The molecule has 2 aromatic carbocycles. The maximum atomic E-state index is 12.4. The highest BCUT2D eigenvalue weighted by Crippen LogP contribution is 2.35. The summed E-state index contributed by atoms with van der Waals surface area (Å²) in [5, 5.41) is 0. The third-order valence-corrected chi connectivity index (χ3v) is 4.35. The zero-order chi connectivity index (χ0) is 16.9. The topological polar surface area (TPSA) is 54.0 Å². The molecule has 0 atom stereocenters. The molecule has 0 saturated carbocycles. The third kappa shape index (κ3) is 3.71. The summed E-state index contributed by atoms with van der Waals surface area (Å²) < 4.78 is 22.5. The minimum absolute atomic E-state index is 0.136. The van der Waals surface area contributed by atoms with Crippen molar-refractivity contribution in [3.8, 4) is 11.5 Å². The van der Waals surface area contributed by atoms with Crippen LogP contribution in [0.25, 0.3) is 0 Å². The lowest BCUT2D eigenvalue weighted by atomic mass is 10.1. The third-order valence-electron chi connectivity index (χ3n) is 3.61. The van der Waals surface area contributed by atoms with Gasteiger partial charge in [0.15, 0.2) is 11.5 Å². The lowest BCUT2D eigenvalue weighted by molar-refractivity contribution is 0.0466. The van der Waals surface area contributed by atoms with Crippen LogP contribution in [0.1, 0.15) is 21.5 Å². The number of fused-ring (bicyclic) bond motifs is 1. The van der Waals surface area contributed by atoms with Crippen LogP contribution in [0.2, 0.25) is 0 Å². The quantitative estimate of drug-likeness (QED) is 0.725. The van der Waals surface area contributed by atoms with Gasteiger partial charge >= 0.3 is 5.97 Å². The molecule has 1 aliphatic rings. The summed E-state index contributed by atoms with van der Waals surface area (Å²) >= 11 is 3.47. The number of ether oxygens (including phenoxy) is 4. The highest BCUT2D eigenvalue weighted by molar-refractivity contribution is 9.10. The molecule has 24 heavy (non-hydrogen) atoms. The molecular weight excluding hydrogens is 376 g/mol. The van der Waals surface area contributed by atoms with E-state index in [0.29, 0.717) is 36.9 Å². The van der Waals surface area contributed by atoms with Gasteiger partial charge in [-0.25, -0.2) is 4.79 Å². The SMILES string of the molecule is COCc1ccccc1C(=O)OCc1cc2c(cc1Br)OCCO2. The Morgan fingerprint density at radius 2 is 1.79 bits per heavy atom. The van der Waals surface area contributed by atoms with Gasteiger partial charge in [-0.15, -0.1) is 0 Å². The summed E-state index contributed by atoms with van der Waals surface area (Å²) in [6.45, 7) is 1.54. The number of hydrogen-bond donors (Lipinski definition) is 0. The number of rotatable bonds is 5. The first-order valence-electron chi connectivity index (χ1n) is 7.51. The average Bonchev–Trinajstić information content (AvgIpc) is 2.60. The second-order valence-corrected chi connectivity index (χ2v) is 6.11. The highest BCUT2D eigenvalue weighted by Gasteiger charge is 2.17. The van der Waals surface area contributed by atoms with Crippen LogP contribution >= 0.6 is 15.9 Å². The van der Waals surface area contributed by atoms with Gasteiger partial charge in [-0.2, -0.15) is 0 Å². The Balaban J connectivity index is 1.73. The van der Waals surface area contributed by atoms with Crippen LogP contribution in [0.4, 0.5) is 0 Å². The molecule has 0 N–H and O–H groups in total. The Morgan fingerprint density at radius 1 is 1.08 bits per heavy atom. The minimum Gasteiger partial charge on any atom is -0.486 e. The van der Waals surface area contributed by atoms with Crippen molar-refractivity contribution in [1.29, 1.82) is 0 Å². The van der Waals surface area contributed by atoms with Crippen molar-refractivity contribution in [1.82, 2.24) is 0 Å². The van der Waals surface area contributed by atoms with E-state index in [1.54, 1.807) is 19.2 Å². The second-order valence-electron chi connectivity index (χ2n) is 5.25. The Kier molecular flexibility index (Phi) is 5.37. The number of carbonyl (C=O) groups is 1. The standard InChI is InChI=1S/C18H17BrO5/c1-21-10-12-4-2-3-5-14(12)18(20)24-11-13-8-16-17(9-15(13)19)23-7-6-22-16/h2-5,8-9H,6-7,10-11H2,1H3. The first-order chi connectivity index (χ1) is 11.7. The summed E-state index contributed by atoms with van der Waals surface area (Å²) in [6, 6.07) is 10.9. The summed E-state index contributed by atoms with van der Waals surface area (Å²) in [5.41, 5.74) is 2.12. The molecule has 2 aromatic rings. The summed E-state index contributed by atoms with van der Waals surface area (Å²) in [4.78, 5) is 12.4. The largest absolute Gasteiger partial charge is 0.486 e. The van der Waals surface area contributed by atoms with Gasteiger partial charge in [0.1, 0.15) is 19.8 Å². The molecule has 0 amide bonds. The zero-order valence-electron chi connectivity index (χ0n) is 13.2. The molecule has 5 nitrogen and oxygen atoms in total. The molecule has 0 radical (unpaired) electrons. The fourth-order valence-corrected chi connectivity index (χ4v) is 2.88. The van der Waals surface area contributed by atoms with Crippen molar-refractivity contribution in [2.45, 2.75) is 13.2 Å². The van der Waals surface area contributed by atoms with Gasteiger partial charge in [0.25, 0.3) is 0 Å². The van der Waals surface area contributed by atoms with Crippen molar-refractivity contribution in [3.05, 3.63) is 57.6 Å². The van der Waals surface area contributed by atoms with Crippen molar-refractivity contribution >= 4 is 21.9 Å². The Labute approximate surface area is 148 Å². The molecule has 3 rings (SSSR count). The van der Waals surface area contributed by atoms with E-state index in [9.17, 15) is 4.79 Å². The fourth-order valence-electron chi connectivity index (χ4n) is 2.44. The predicted molar refractivity (Wildman–Crippen MR) is 91.4 cm³/mol. The zero-order valence-corrected chi connectivity index (χ0v) is 14.8. The van der Waals surface area contributed by atoms with E-state index in [1.165, 1.54) is 0 Å². The van der Waals surface area contributed by atoms with Crippen molar-refractivity contribution in [2.75, 3.05) is 20.3 Å². The maximum absolute atomic E-state index is 12.4. The van der Waals surface area contributed by atoms with Crippen molar-refractivity contribution in [3.63, 3.8) is 0 Å². The van der Waals surface area contributed by atoms with Crippen molar-refractivity contribution < 1.29 is 23.7 Å². The first-order valence-corrected chi connectivity index (χ1v) is 8.30. The van der Waals surface area contributed by atoms with Crippen molar-refractivity contribution in [2.24, 2.45) is 0 Å². The van der Waals surface area contributed by atoms with Gasteiger partial charge in [-0.1, -0.05) is 34.1 Å². The molecule has 0 saturated heterocycles. The summed E-state index contributed by atoms with van der Waals surface area (Å²) in [7, 11) is 1.59. The van der Waals surface area contributed by atoms with E-state index in [1.807, 2.05) is 24.3 Å². The van der Waals surface area contributed by atoms with E-state index in [-0.39, 0.29) is 12.6 Å². The molecule has 6 heteroatoms. The Bertz CT molecular complexity index is 744. The van der Waals surface area contributed by atoms with E-state index in [4.69, 9.17) is 18.9 Å². The molecule has 126 valence electrons. The number of halogens is 1. The minimum atomic E-state index is -0.385. The van der Waals surface area contributed by atoms with Crippen LogP contribution in [0.5, 0.6) is 11.5 Å². The van der Waals surface area contributed by atoms with Gasteiger partial charge in [0, 0.05) is 17.1 Å². The van der Waals surface area contributed by atoms with E-state index in [0.717, 1.165) is 15.6 Å². The van der Waals surface area contributed by atoms with Crippen LogP contribution in [0.3, 0.4) is 0 Å². The molecule has 0 unspecified atom stereocenters. The molecule has 1 aliphatic heterocycles. The number of esters is 1. The second kappa shape index (κ2) is 7.68. The summed E-state index contributed by atoms with van der Waals surface area (Å²) in [5.74, 6) is 0.966. The maximum Gasteiger partial charge on any atom is 0.338 e. The lowest BCUT2D eigenvalue weighted by Gasteiger charge is -2.20. The van der Waals surface area contributed by atoms with Crippen LogP contribution in [-0.2, 0) is 22.7 Å². The van der Waals surface area contributed by atoms with Gasteiger partial charge in [0.2, 0.25) is 0 Å². The molecule has 0 spiro atoms. The molecule has 0 aromatic heterocycles. The number of benzene rings is 2. The molecule has 0 bridgehead atoms. The Morgan fingerprint density at radius 3 is 2.54 bits per heavy atom. The normalized spacial score (nSPS) is 12.8. The fraction of sp³-hybridized carbons (Fsp3) is 0.278. The number of carbonyl (C=O) groups excluding carboxylic acids is 1. The van der Waals surface area contributed by atoms with Crippen LogP contribution in [0.15, 0.2) is 40.9 Å². The van der Waals surface area contributed by atoms with Gasteiger partial charge in [-0.3, -0.25) is 0 Å². The first kappa shape index (κ1) is 16.8. The van der Waals surface area contributed by atoms with Gasteiger partial charge in [-0.05, 0) is 23.8 Å². The molecule has 1 heterocycles. The van der Waals surface area contributed by atoms with E-state index < -0.39 is 0 Å². The van der Waals surface area contributed by atoms with Crippen LogP contribution < -0.4 is 9.47 Å². The number of hydrogen-bond acceptors (Lipinski definition) is 5. The van der Waals surface area contributed by atoms with Gasteiger partial charge in [0.05, 0.1) is 12.2 Å². The predicted octanol–water partition coefficient (Wildman–Crippen LogP) is 3.72. The highest BCUT2D eigenvalue weighted by atomic mass is 79.9. The monoisotopic (exact) mass is 392 g/mol. The average molecular weight is 393 g/mol. The lowest BCUT2D eigenvalue weighted by Crippen LogP contribution is -2.16. The smallest absolute Gasteiger partial charge is 0.338 e. The van der Waals surface area contributed by atoms with Crippen LogP contribution in [0, 0.1) is 0 Å². The van der Waals surface area contributed by atoms with Crippen LogP contribution in [-0.4, -0.2) is 26.3 Å². The van der Waals surface area contributed by atoms with E-state index >= 15 is 0 Å². The summed E-state index contributed by atoms with van der Waals surface area (Å²) in [6.07, 6.45) is 0. The van der Waals surface area contributed by atoms with E-state index in [2.05, 4.69) is 15.9 Å². The molecule has 0 fully saturated rings.